The Balaban J connectivity index is 1.20. The first-order valence-corrected chi connectivity index (χ1v) is 11.0. The van der Waals surface area contributed by atoms with E-state index in [-0.39, 0.29) is 0 Å². The number of fused-ring (bicyclic) bond motifs is 2. The van der Waals surface area contributed by atoms with Gasteiger partial charge < -0.3 is 5.32 Å². The molecule has 0 saturated carbocycles. The Bertz CT molecular complexity index is 1450. The third-order valence-corrected chi connectivity index (χ3v) is 5.85. The molecule has 0 fully saturated rings. The molecule has 0 saturated heterocycles. The lowest BCUT2D eigenvalue weighted by Gasteiger charge is -2.09. The maximum Gasteiger partial charge on any atom is 0.0709 e. The van der Waals surface area contributed by atoms with Gasteiger partial charge >= 0.3 is 0 Å². The number of nitrogens with zero attached hydrogens (tertiary/aromatic N) is 2. The number of anilines is 2. The molecule has 6 aromatic rings. The van der Waals surface area contributed by atoms with E-state index in [9.17, 15) is 0 Å². The monoisotopic (exact) mass is 423 g/mol. The van der Waals surface area contributed by atoms with Crippen molar-refractivity contribution in [1.29, 1.82) is 0 Å². The van der Waals surface area contributed by atoms with Gasteiger partial charge in [-0.15, -0.1) is 0 Å². The molecule has 0 spiro atoms. The van der Waals surface area contributed by atoms with E-state index < -0.39 is 0 Å². The highest BCUT2D eigenvalue weighted by Crippen LogP contribution is 2.26. The molecule has 2 aromatic heterocycles. The first-order valence-electron chi connectivity index (χ1n) is 11.0. The van der Waals surface area contributed by atoms with E-state index in [2.05, 4.69) is 90.2 Å². The van der Waals surface area contributed by atoms with Crippen molar-refractivity contribution >= 4 is 33.2 Å². The maximum absolute atomic E-state index is 4.79. The molecule has 0 amide bonds. The average Bonchev–Trinajstić information content (AvgIpc) is 2.89. The number of hydrogen-bond acceptors (Lipinski definition) is 3. The molecule has 4 aromatic carbocycles. The lowest BCUT2D eigenvalue weighted by atomic mass is 10.1. The SMILES string of the molecule is c1ccc2nc(-c3ccc(Nc4ccc(-c5ccc6ccccc6n5)cc4)cc3)ccc2c1. The Morgan fingerprint density at radius 2 is 0.818 bits per heavy atom. The molecule has 3 nitrogen and oxygen atoms in total. The Morgan fingerprint density at radius 1 is 0.394 bits per heavy atom. The predicted molar refractivity (Wildman–Crippen MR) is 138 cm³/mol. The smallest absolute Gasteiger partial charge is 0.0709 e. The Morgan fingerprint density at radius 3 is 1.27 bits per heavy atom. The van der Waals surface area contributed by atoms with Gasteiger partial charge in [0.05, 0.1) is 22.4 Å². The molecule has 33 heavy (non-hydrogen) atoms. The van der Waals surface area contributed by atoms with Crippen LogP contribution in [-0.2, 0) is 0 Å². The van der Waals surface area contributed by atoms with Crippen molar-refractivity contribution in [3.05, 3.63) is 121 Å². The topological polar surface area (TPSA) is 37.8 Å². The van der Waals surface area contributed by atoms with Gasteiger partial charge in [0.25, 0.3) is 0 Å². The molecule has 6 rings (SSSR count). The highest BCUT2D eigenvalue weighted by Gasteiger charge is 2.04. The fraction of sp³-hybridized carbons (Fsp3) is 0. The minimum atomic E-state index is 0.979. The highest BCUT2D eigenvalue weighted by molar-refractivity contribution is 5.83. The van der Waals surface area contributed by atoms with Gasteiger partial charge in [0, 0.05) is 33.3 Å². The van der Waals surface area contributed by atoms with Crippen molar-refractivity contribution in [2.24, 2.45) is 0 Å². The predicted octanol–water partition coefficient (Wildman–Crippen LogP) is 7.86. The molecule has 0 aliphatic rings. The van der Waals surface area contributed by atoms with Crippen LogP contribution in [0.1, 0.15) is 0 Å². The van der Waals surface area contributed by atoms with Crippen LogP contribution in [0.15, 0.2) is 121 Å². The lowest BCUT2D eigenvalue weighted by molar-refractivity contribution is 1.39. The van der Waals surface area contributed by atoms with Crippen LogP contribution < -0.4 is 5.32 Å². The third-order valence-electron chi connectivity index (χ3n) is 5.85. The van der Waals surface area contributed by atoms with Crippen LogP contribution in [0.2, 0.25) is 0 Å². The van der Waals surface area contributed by atoms with Gasteiger partial charge in [-0.25, -0.2) is 9.97 Å². The molecule has 0 aliphatic carbocycles. The standard InChI is InChI=1S/C30H21N3/c1-3-7-27-21(5-1)13-19-29(32-27)23-9-15-25(16-10-23)31-26-17-11-24(12-18-26)30-20-14-22-6-2-4-8-28(22)33-30/h1-20,31H. The minimum Gasteiger partial charge on any atom is -0.356 e. The van der Waals surface area contributed by atoms with Crippen LogP contribution in [0.25, 0.3) is 44.3 Å². The number of nitrogens with one attached hydrogen (secondary N) is 1. The van der Waals surface area contributed by atoms with E-state index in [0.29, 0.717) is 0 Å². The van der Waals surface area contributed by atoms with Crippen molar-refractivity contribution < 1.29 is 0 Å². The zero-order valence-corrected chi connectivity index (χ0v) is 17.9. The van der Waals surface area contributed by atoms with Gasteiger partial charge in [0.15, 0.2) is 0 Å². The number of hydrogen-bond donors (Lipinski definition) is 1. The van der Waals surface area contributed by atoms with Crippen LogP contribution in [0.4, 0.5) is 11.4 Å². The van der Waals surface area contributed by atoms with Crippen LogP contribution in [0, 0.1) is 0 Å². The summed E-state index contributed by atoms with van der Waals surface area (Å²) in [6.45, 7) is 0. The maximum atomic E-state index is 4.79. The molecule has 0 atom stereocenters. The van der Waals surface area contributed by atoms with E-state index in [1.807, 2.05) is 36.4 Å². The summed E-state index contributed by atoms with van der Waals surface area (Å²) in [5.74, 6) is 0. The lowest BCUT2D eigenvalue weighted by Crippen LogP contribution is -1.91. The van der Waals surface area contributed by atoms with Gasteiger partial charge in [0.2, 0.25) is 0 Å². The summed E-state index contributed by atoms with van der Waals surface area (Å²) >= 11 is 0. The molecule has 0 bridgehead atoms. The van der Waals surface area contributed by atoms with E-state index in [1.165, 1.54) is 0 Å². The number of rotatable bonds is 4. The summed E-state index contributed by atoms with van der Waals surface area (Å²) in [6.07, 6.45) is 0. The first-order chi connectivity index (χ1) is 16.3. The summed E-state index contributed by atoms with van der Waals surface area (Å²) in [4.78, 5) is 9.58. The minimum absolute atomic E-state index is 0.979. The van der Waals surface area contributed by atoms with Gasteiger partial charge in [-0.1, -0.05) is 72.8 Å². The fourth-order valence-corrected chi connectivity index (χ4v) is 4.07. The van der Waals surface area contributed by atoms with E-state index >= 15 is 0 Å². The van der Waals surface area contributed by atoms with Crippen LogP contribution in [-0.4, -0.2) is 9.97 Å². The van der Waals surface area contributed by atoms with E-state index in [4.69, 9.17) is 9.97 Å². The van der Waals surface area contributed by atoms with Gasteiger partial charge in [-0.05, 0) is 48.5 Å². The Hall–Kier alpha value is -4.50. The normalized spacial score (nSPS) is 11.0. The summed E-state index contributed by atoms with van der Waals surface area (Å²) in [7, 11) is 0. The summed E-state index contributed by atoms with van der Waals surface area (Å²) in [5.41, 5.74) is 8.26. The van der Waals surface area contributed by atoms with Gasteiger partial charge in [-0.3, -0.25) is 0 Å². The quantitative estimate of drug-likeness (QED) is 0.314. The molecule has 156 valence electrons. The van der Waals surface area contributed by atoms with Crippen molar-refractivity contribution in [2.75, 3.05) is 5.32 Å². The second kappa shape index (κ2) is 8.21. The van der Waals surface area contributed by atoms with Crippen molar-refractivity contribution in [1.82, 2.24) is 9.97 Å². The summed E-state index contributed by atoms with van der Waals surface area (Å²) < 4.78 is 0. The van der Waals surface area contributed by atoms with Crippen LogP contribution in [0.3, 0.4) is 0 Å². The van der Waals surface area contributed by atoms with Crippen molar-refractivity contribution in [2.45, 2.75) is 0 Å². The van der Waals surface area contributed by atoms with E-state index in [0.717, 1.165) is 55.7 Å². The highest BCUT2D eigenvalue weighted by atomic mass is 14.9. The fourth-order valence-electron chi connectivity index (χ4n) is 4.07. The van der Waals surface area contributed by atoms with Gasteiger partial charge in [0.1, 0.15) is 0 Å². The molecule has 0 radical (unpaired) electrons. The second-order valence-electron chi connectivity index (χ2n) is 8.06. The molecular formula is C30H21N3. The number of para-hydroxylation sites is 2. The van der Waals surface area contributed by atoms with Gasteiger partial charge in [-0.2, -0.15) is 0 Å². The molecule has 3 heteroatoms. The summed E-state index contributed by atoms with van der Waals surface area (Å²) in [6, 6.07) is 41.5. The largest absolute Gasteiger partial charge is 0.356 e. The average molecular weight is 424 g/mol. The summed E-state index contributed by atoms with van der Waals surface area (Å²) in [5, 5.41) is 5.79. The molecule has 0 aliphatic heterocycles. The number of aromatic nitrogens is 2. The second-order valence-corrected chi connectivity index (χ2v) is 8.06. The molecule has 1 N–H and O–H groups in total. The first kappa shape index (κ1) is 19.2. The number of benzene rings is 4. The van der Waals surface area contributed by atoms with Crippen LogP contribution >= 0.6 is 0 Å². The number of pyridine rings is 2. The van der Waals surface area contributed by atoms with E-state index in [1.54, 1.807) is 0 Å². The van der Waals surface area contributed by atoms with Crippen molar-refractivity contribution in [3.8, 4) is 22.5 Å². The molecule has 2 heterocycles. The third kappa shape index (κ3) is 3.92. The zero-order valence-electron chi connectivity index (χ0n) is 17.9. The zero-order chi connectivity index (χ0) is 22.0. The Labute approximate surface area is 192 Å². The van der Waals surface area contributed by atoms with Crippen LogP contribution in [0.5, 0.6) is 0 Å². The van der Waals surface area contributed by atoms with Crippen molar-refractivity contribution in [3.63, 3.8) is 0 Å². The molecular weight excluding hydrogens is 402 g/mol. The Kier molecular flexibility index (Phi) is 4.78. The molecule has 0 unspecified atom stereocenters.